The van der Waals surface area contributed by atoms with Crippen molar-refractivity contribution in [3.63, 3.8) is 0 Å². The van der Waals surface area contributed by atoms with Gasteiger partial charge in [-0.05, 0) is 96.9 Å². The molecule has 2 saturated carbocycles. The molecule has 7 N–H and O–H groups in total. The number of rotatable bonds is 4. The summed E-state index contributed by atoms with van der Waals surface area (Å²) in [5.74, 6) is -1.79. The summed E-state index contributed by atoms with van der Waals surface area (Å²) in [6, 6.07) is 14.1. The van der Waals surface area contributed by atoms with Crippen LogP contribution in [0.15, 0.2) is 78.2 Å². The number of allylic oxidation sites excluding steroid dienone is 4. The Kier molecular flexibility index (Phi) is 9.65. The first kappa shape index (κ1) is 39.4. The minimum atomic E-state index is -2.21. The summed E-state index contributed by atoms with van der Waals surface area (Å²) >= 11 is 0. The fraction of sp³-hybridized carbons (Fsp3) is 0.489. The molecule has 1 saturated heterocycles. The number of anilines is 1. The van der Waals surface area contributed by atoms with Gasteiger partial charge in [0.1, 0.15) is 46.2 Å². The predicted octanol–water partition coefficient (Wildman–Crippen LogP) is 4.96. The normalized spacial score (nSPS) is 37.2. The van der Waals surface area contributed by atoms with E-state index in [0.29, 0.717) is 30.1 Å². The molecule has 3 aromatic rings. The van der Waals surface area contributed by atoms with Crippen molar-refractivity contribution >= 4 is 39.0 Å². The van der Waals surface area contributed by atoms with E-state index in [4.69, 9.17) is 14.5 Å². The zero-order chi connectivity index (χ0) is 40.9. The molecule has 0 amide bonds. The van der Waals surface area contributed by atoms with Gasteiger partial charge in [0.05, 0.1) is 30.6 Å². The van der Waals surface area contributed by atoms with Crippen LogP contribution in [0.1, 0.15) is 81.5 Å². The van der Waals surface area contributed by atoms with Gasteiger partial charge in [-0.25, -0.2) is 4.98 Å². The van der Waals surface area contributed by atoms with Crippen LogP contribution in [-0.2, 0) is 29.6 Å². The van der Waals surface area contributed by atoms with Gasteiger partial charge in [0.15, 0.2) is 11.6 Å². The van der Waals surface area contributed by atoms with Gasteiger partial charge < -0.3 is 45.4 Å². The molecule has 59 heavy (non-hydrogen) atoms. The van der Waals surface area contributed by atoms with Crippen LogP contribution in [0.3, 0.4) is 0 Å². The Hall–Kier alpha value is -3.73. The minimum absolute atomic E-state index is 0.0285. The van der Waals surface area contributed by atoms with E-state index in [-0.39, 0.29) is 47.3 Å². The number of hydrogen-bond acceptors (Lipinski definition) is 14. The van der Waals surface area contributed by atoms with Gasteiger partial charge in [-0.1, -0.05) is 70.5 Å². The Morgan fingerprint density at radius 2 is 1.81 bits per heavy atom. The van der Waals surface area contributed by atoms with Crippen molar-refractivity contribution in [2.45, 2.75) is 93.1 Å². The van der Waals surface area contributed by atoms with E-state index in [2.05, 4.69) is 11.4 Å². The maximum atomic E-state index is 15.3. The first-order valence-electron chi connectivity index (χ1n) is 20.5. The Balaban J connectivity index is 1.11. The highest BCUT2D eigenvalue weighted by atomic mass is 33.1. The third-order valence-electron chi connectivity index (χ3n) is 14.8. The molecule has 14 heteroatoms. The number of ketones is 2. The number of aryl methyl sites for hydroxylation is 1. The Morgan fingerprint density at radius 1 is 0.983 bits per heavy atom. The van der Waals surface area contributed by atoms with E-state index >= 15 is 4.79 Å². The number of pyridine rings is 1. The number of benzene rings is 2. The Morgan fingerprint density at radius 3 is 2.64 bits per heavy atom. The Bertz CT molecular complexity index is 2300. The molecular formula is C45H48N2O10S2. The quantitative estimate of drug-likeness (QED) is 0.174. The number of fused-ring (bicyclic) bond motifs is 3. The van der Waals surface area contributed by atoms with Gasteiger partial charge in [-0.15, -0.1) is 0 Å². The van der Waals surface area contributed by atoms with Crippen LogP contribution in [0.5, 0.6) is 5.75 Å². The molecule has 2 spiro atoms. The second-order valence-electron chi connectivity index (χ2n) is 17.5. The van der Waals surface area contributed by atoms with Crippen molar-refractivity contribution in [2.75, 3.05) is 23.6 Å². The molecule has 3 fully saturated rings. The van der Waals surface area contributed by atoms with Gasteiger partial charge in [-0.3, -0.25) is 9.59 Å². The number of aliphatic hydroxyl groups excluding tert-OH is 5. The number of ether oxygens (including phenoxy) is 2. The topological polar surface area (TPSA) is 199 Å². The maximum Gasteiger partial charge on any atom is 0.229 e. The summed E-state index contributed by atoms with van der Waals surface area (Å²) in [5, 5.41) is 73.9. The molecule has 7 bridgehead atoms. The van der Waals surface area contributed by atoms with Crippen LogP contribution in [0.2, 0.25) is 0 Å². The van der Waals surface area contributed by atoms with E-state index in [1.807, 2.05) is 30.5 Å². The van der Waals surface area contributed by atoms with Crippen LogP contribution < -0.4 is 10.1 Å². The van der Waals surface area contributed by atoms with Gasteiger partial charge in [0.25, 0.3) is 0 Å². The first-order valence-corrected chi connectivity index (χ1v) is 23.0. The lowest BCUT2D eigenvalue weighted by Crippen LogP contribution is -2.80. The van der Waals surface area contributed by atoms with Crippen LogP contribution in [0.4, 0.5) is 5.82 Å². The number of carbonyl (C=O) groups is 2. The molecule has 0 unspecified atom stereocenters. The second kappa shape index (κ2) is 14.4. The number of aromatic nitrogens is 1. The monoisotopic (exact) mass is 840 g/mol. The molecular weight excluding hydrogens is 793 g/mol. The lowest BCUT2D eigenvalue weighted by molar-refractivity contribution is -0.382. The summed E-state index contributed by atoms with van der Waals surface area (Å²) in [6.07, 6.45) is 5.18. The molecule has 2 aromatic carbocycles. The molecule has 10 rings (SSSR count). The second-order valence-corrected chi connectivity index (χ2v) is 20.0. The molecule has 3 heterocycles. The third kappa shape index (κ3) is 5.63. The molecule has 5 aliphatic carbocycles. The standard InChI is InChI=1S/C45H48N2O10S2/c48-20-25-5-1-4-24(14-25)15-26-16-31-37(51)29-7-2-8-32-36(29)38(52)44(31,34(50)17-26)22-58-59-23-47-35-18-30-27(19-46-35)9-10-28-6-3-12-43(28,30)33-11-13-42(21-49)41(54)45(33,55)39(53)40(56-32)57-42/h1-2,4-5,7-8,14,16-19,28,31,33,39-41,48-50,53-55H,3,6,9-13,15,20-23H2,(H,46,47)/t28-,31-,33-,39+,40-,41-,42-,43+,44+,45-/m1/s1. The van der Waals surface area contributed by atoms with Crippen molar-refractivity contribution in [1.29, 1.82) is 0 Å². The van der Waals surface area contributed by atoms with E-state index in [9.17, 15) is 35.4 Å². The molecule has 2 aliphatic heterocycles. The van der Waals surface area contributed by atoms with Crippen molar-refractivity contribution in [3.05, 3.63) is 112 Å². The average Bonchev–Trinajstić information content (AvgIpc) is 3.69. The highest BCUT2D eigenvalue weighted by Gasteiger charge is 2.73. The van der Waals surface area contributed by atoms with Crippen LogP contribution >= 0.6 is 21.6 Å². The minimum Gasteiger partial charge on any atom is -0.511 e. The van der Waals surface area contributed by atoms with E-state index in [1.165, 1.54) is 27.7 Å². The smallest absolute Gasteiger partial charge is 0.229 e. The SMILES string of the molecule is O=C1c2cccc3c2C(=O)[C@]2(CSSCNc4cc5c(cn4)CC[C@H]4CCC[C@@]54[C@H]4CC[C@]5(CO)O[C@@H](O3)[C@H](O)[C@@]4(O)[C@@H]5O)C(O)=CC(Cc3cccc(CO)c3)=C[C@H]12. The molecule has 1 aromatic heterocycles. The van der Waals surface area contributed by atoms with Gasteiger partial charge in [0.2, 0.25) is 6.29 Å². The molecule has 0 radical (unpaired) electrons. The number of carbonyl (C=O) groups excluding carboxylic acids is 2. The summed E-state index contributed by atoms with van der Waals surface area (Å²) < 4.78 is 12.8. The van der Waals surface area contributed by atoms with Crippen molar-refractivity contribution in [1.82, 2.24) is 4.98 Å². The number of aliphatic hydroxyl groups is 6. The molecule has 7 aliphatic rings. The van der Waals surface area contributed by atoms with E-state index in [1.54, 1.807) is 24.3 Å². The fourth-order valence-electron chi connectivity index (χ4n) is 12.1. The van der Waals surface area contributed by atoms with Gasteiger partial charge in [0, 0.05) is 28.8 Å². The highest BCUT2D eigenvalue weighted by molar-refractivity contribution is 8.76. The zero-order valence-corrected chi connectivity index (χ0v) is 34.0. The summed E-state index contributed by atoms with van der Waals surface area (Å²) in [7, 11) is 2.80. The third-order valence-corrected chi connectivity index (χ3v) is 17.1. The van der Waals surface area contributed by atoms with Crippen LogP contribution in [0.25, 0.3) is 0 Å². The maximum absolute atomic E-state index is 15.3. The first-order chi connectivity index (χ1) is 28.5. The van der Waals surface area contributed by atoms with Gasteiger partial charge in [-0.2, -0.15) is 0 Å². The average molecular weight is 841 g/mol. The van der Waals surface area contributed by atoms with Crippen molar-refractivity contribution in [2.24, 2.45) is 23.2 Å². The fourth-order valence-corrected chi connectivity index (χ4v) is 14.3. The lowest BCUT2D eigenvalue weighted by Gasteiger charge is -2.64. The van der Waals surface area contributed by atoms with Gasteiger partial charge >= 0.3 is 0 Å². The summed E-state index contributed by atoms with van der Waals surface area (Å²) in [6.45, 7) is -0.797. The van der Waals surface area contributed by atoms with Crippen molar-refractivity contribution in [3.8, 4) is 5.75 Å². The number of nitrogens with zero attached hydrogens (tertiary/aromatic N) is 1. The summed E-state index contributed by atoms with van der Waals surface area (Å²) in [4.78, 5) is 34.8. The largest absolute Gasteiger partial charge is 0.511 e. The van der Waals surface area contributed by atoms with Crippen molar-refractivity contribution < 1.29 is 49.7 Å². The molecule has 10 atom stereocenters. The van der Waals surface area contributed by atoms with Crippen LogP contribution in [0, 0.1) is 23.2 Å². The molecule has 310 valence electrons. The lowest BCUT2D eigenvalue weighted by atomic mass is 9.48. The predicted molar refractivity (Wildman–Crippen MR) is 221 cm³/mol. The number of nitrogens with one attached hydrogen (secondary N) is 1. The van der Waals surface area contributed by atoms with Crippen LogP contribution in [-0.4, -0.2) is 95.1 Å². The van der Waals surface area contributed by atoms with E-state index < -0.39 is 70.5 Å². The zero-order valence-electron chi connectivity index (χ0n) is 32.4. The summed E-state index contributed by atoms with van der Waals surface area (Å²) in [5.41, 5.74) is -1.87. The van der Waals surface area contributed by atoms with E-state index in [0.717, 1.165) is 54.4 Å². The molecule has 12 nitrogen and oxygen atoms in total. The number of Topliss-reactive ketones (excluding diaryl/α,β-unsaturated/α-hetero) is 2. The highest BCUT2D eigenvalue weighted by Crippen LogP contribution is 2.64. The Labute approximate surface area is 349 Å². The number of hydrogen-bond donors (Lipinski definition) is 7.